The number of pyridine rings is 1. The highest BCUT2D eigenvalue weighted by molar-refractivity contribution is 6.07. The molecule has 2 aromatic heterocycles. The fourth-order valence-corrected chi connectivity index (χ4v) is 2.59. The Bertz CT molecular complexity index is 972. The average molecular weight is 325 g/mol. The minimum absolute atomic E-state index is 0.232. The van der Waals surface area contributed by atoms with Gasteiger partial charge >= 0.3 is 5.97 Å². The molecule has 0 saturated heterocycles. The number of carboxylic acid groups (broad SMARTS) is 1. The predicted molar refractivity (Wildman–Crippen MR) is 87.8 cm³/mol. The summed E-state index contributed by atoms with van der Waals surface area (Å²) in [6.45, 7) is 0. The lowest BCUT2D eigenvalue weighted by Crippen LogP contribution is -2.34. The molecule has 0 unspecified atom stereocenters. The van der Waals surface area contributed by atoms with Gasteiger partial charge in [-0.2, -0.15) is 0 Å². The van der Waals surface area contributed by atoms with Crippen molar-refractivity contribution < 1.29 is 14.7 Å². The first-order valence-corrected chi connectivity index (χ1v) is 7.24. The molecule has 3 N–H and O–H groups in total. The van der Waals surface area contributed by atoms with E-state index in [-0.39, 0.29) is 11.1 Å². The van der Waals surface area contributed by atoms with E-state index in [2.05, 4.69) is 10.3 Å². The molecule has 1 amide bonds. The number of rotatable bonds is 4. The number of hydrogen-bond acceptors (Lipinski definition) is 3. The molecule has 24 heavy (non-hydrogen) atoms. The van der Waals surface area contributed by atoms with E-state index in [4.69, 9.17) is 0 Å². The number of amides is 1. The summed E-state index contributed by atoms with van der Waals surface area (Å²) in [6.07, 6.45) is 2.96. The summed E-state index contributed by atoms with van der Waals surface area (Å²) in [5.74, 6) is -1.73. The molecule has 0 radical (unpaired) electrons. The van der Waals surface area contributed by atoms with Crippen molar-refractivity contribution in [3.8, 4) is 0 Å². The minimum atomic E-state index is -1.18. The predicted octanol–water partition coefficient (Wildman–Crippen LogP) is 1.42. The van der Waals surface area contributed by atoms with Crippen LogP contribution in [0.5, 0.6) is 0 Å². The molecule has 0 aliphatic rings. The van der Waals surface area contributed by atoms with Gasteiger partial charge in [-0.3, -0.25) is 9.59 Å². The van der Waals surface area contributed by atoms with Crippen molar-refractivity contribution in [1.29, 1.82) is 0 Å². The van der Waals surface area contributed by atoms with Gasteiger partial charge in [0.05, 0.1) is 5.56 Å². The van der Waals surface area contributed by atoms with Crippen LogP contribution in [0.2, 0.25) is 0 Å². The van der Waals surface area contributed by atoms with Gasteiger partial charge in [-0.25, -0.2) is 4.79 Å². The first-order chi connectivity index (χ1) is 11.5. The molecule has 122 valence electrons. The van der Waals surface area contributed by atoms with Crippen LogP contribution in [0.1, 0.15) is 22.0 Å². The van der Waals surface area contributed by atoms with E-state index in [0.29, 0.717) is 16.5 Å². The zero-order valence-corrected chi connectivity index (χ0v) is 12.8. The third kappa shape index (κ3) is 2.67. The van der Waals surface area contributed by atoms with Gasteiger partial charge in [-0.1, -0.05) is 30.3 Å². The highest BCUT2D eigenvalue weighted by atomic mass is 16.4. The Hall–Kier alpha value is -3.35. The van der Waals surface area contributed by atoms with Gasteiger partial charge in [0.25, 0.3) is 11.5 Å². The van der Waals surface area contributed by atoms with Crippen LogP contribution < -0.4 is 10.9 Å². The second-order valence-corrected chi connectivity index (χ2v) is 5.38. The van der Waals surface area contributed by atoms with E-state index >= 15 is 0 Å². The molecular weight excluding hydrogens is 310 g/mol. The number of H-pyrrole nitrogens is 1. The number of fused-ring (bicyclic) bond motifs is 1. The van der Waals surface area contributed by atoms with Gasteiger partial charge in [-0.15, -0.1) is 0 Å². The van der Waals surface area contributed by atoms with E-state index in [1.165, 1.54) is 17.8 Å². The Labute approximate surface area is 136 Å². The third-order valence-corrected chi connectivity index (χ3v) is 3.79. The zero-order valence-electron chi connectivity index (χ0n) is 12.8. The molecule has 3 rings (SSSR count). The van der Waals surface area contributed by atoms with Crippen LogP contribution in [0.15, 0.2) is 53.6 Å². The molecule has 0 bridgehead atoms. The lowest BCUT2D eigenvalue weighted by Gasteiger charge is -2.15. The first kappa shape index (κ1) is 15.5. The Morgan fingerprint density at radius 2 is 1.92 bits per heavy atom. The fraction of sp³-hybridized carbons (Fsp3) is 0.118. The van der Waals surface area contributed by atoms with Crippen molar-refractivity contribution in [2.45, 2.75) is 6.04 Å². The molecule has 0 aliphatic carbocycles. The summed E-state index contributed by atoms with van der Waals surface area (Å²) in [6, 6.07) is 8.87. The molecule has 7 nitrogen and oxygen atoms in total. The van der Waals surface area contributed by atoms with Gasteiger partial charge in [0.15, 0.2) is 6.04 Å². The number of carbonyl (C=O) groups excluding carboxylic acids is 1. The van der Waals surface area contributed by atoms with Gasteiger partial charge in [0.2, 0.25) is 0 Å². The van der Waals surface area contributed by atoms with E-state index < -0.39 is 17.9 Å². The van der Waals surface area contributed by atoms with Crippen LogP contribution in [-0.4, -0.2) is 26.5 Å². The second-order valence-electron chi connectivity index (χ2n) is 5.38. The van der Waals surface area contributed by atoms with Crippen LogP contribution in [-0.2, 0) is 11.8 Å². The molecule has 0 spiro atoms. The molecule has 1 atom stereocenters. The van der Waals surface area contributed by atoms with Crippen LogP contribution in [0.3, 0.4) is 0 Å². The molecule has 0 aliphatic heterocycles. The maximum atomic E-state index is 12.6. The molecule has 1 aromatic carbocycles. The molecule has 7 heteroatoms. The van der Waals surface area contributed by atoms with Crippen molar-refractivity contribution in [1.82, 2.24) is 14.9 Å². The number of hydrogen-bond donors (Lipinski definition) is 3. The summed E-state index contributed by atoms with van der Waals surface area (Å²) < 4.78 is 1.28. The quantitative estimate of drug-likeness (QED) is 0.675. The number of nitrogens with one attached hydrogen (secondary N) is 2. The average Bonchev–Trinajstić information content (AvgIpc) is 3.06. The normalized spacial score (nSPS) is 12.0. The van der Waals surface area contributed by atoms with Crippen molar-refractivity contribution in [3.05, 3.63) is 70.3 Å². The molecule has 0 saturated carbocycles. The SMILES string of the molecule is Cn1cc(C(=O)N[C@H](C(=O)O)c2ccccc2)c2cc[nH]c2c1=O. The van der Waals surface area contributed by atoms with Crippen molar-refractivity contribution in [3.63, 3.8) is 0 Å². The van der Waals surface area contributed by atoms with E-state index in [9.17, 15) is 19.5 Å². The maximum Gasteiger partial charge on any atom is 0.330 e. The van der Waals surface area contributed by atoms with E-state index in [1.807, 2.05) is 0 Å². The lowest BCUT2D eigenvalue weighted by molar-refractivity contribution is -0.139. The highest BCUT2D eigenvalue weighted by Gasteiger charge is 2.24. The van der Waals surface area contributed by atoms with Crippen molar-refractivity contribution in [2.24, 2.45) is 7.05 Å². The monoisotopic (exact) mass is 325 g/mol. The Kier molecular flexibility index (Phi) is 3.91. The summed E-state index contributed by atoms with van der Waals surface area (Å²) in [5, 5.41) is 12.4. The largest absolute Gasteiger partial charge is 0.479 e. The van der Waals surface area contributed by atoms with Gasteiger partial charge < -0.3 is 20.0 Å². The number of aryl methyl sites for hydroxylation is 1. The summed E-state index contributed by atoms with van der Waals surface area (Å²) in [5.41, 5.74) is 0.741. The third-order valence-electron chi connectivity index (χ3n) is 3.79. The lowest BCUT2D eigenvalue weighted by atomic mass is 10.1. The molecule has 3 aromatic rings. The highest BCUT2D eigenvalue weighted by Crippen LogP contribution is 2.17. The Morgan fingerprint density at radius 3 is 2.58 bits per heavy atom. The van der Waals surface area contributed by atoms with Gasteiger partial charge in [0, 0.05) is 24.8 Å². The van der Waals surface area contributed by atoms with Crippen molar-refractivity contribution >= 4 is 22.8 Å². The molecular formula is C17H15N3O4. The standard InChI is InChI=1S/C17H15N3O4/c1-20-9-12(11-7-8-18-14(11)16(20)22)15(21)19-13(17(23)24)10-5-3-2-4-6-10/h2-9,13,18H,1H3,(H,19,21)(H,23,24)/t13-/m0/s1. The van der Waals surface area contributed by atoms with Gasteiger partial charge in [-0.05, 0) is 11.6 Å². The van der Waals surface area contributed by atoms with Crippen LogP contribution in [0, 0.1) is 0 Å². The second kappa shape index (κ2) is 6.04. The topological polar surface area (TPSA) is 104 Å². The number of aliphatic carboxylic acids is 1. The Balaban J connectivity index is 2.00. The molecule has 2 heterocycles. The molecule has 0 fully saturated rings. The van der Waals surface area contributed by atoms with E-state index in [0.717, 1.165) is 0 Å². The number of benzene rings is 1. The smallest absolute Gasteiger partial charge is 0.330 e. The van der Waals surface area contributed by atoms with Gasteiger partial charge in [0.1, 0.15) is 5.52 Å². The Morgan fingerprint density at radius 1 is 1.21 bits per heavy atom. The minimum Gasteiger partial charge on any atom is -0.479 e. The summed E-state index contributed by atoms with van der Waals surface area (Å²) in [4.78, 5) is 39.0. The summed E-state index contributed by atoms with van der Waals surface area (Å²) >= 11 is 0. The zero-order chi connectivity index (χ0) is 17.3. The number of nitrogens with zero attached hydrogens (tertiary/aromatic N) is 1. The van der Waals surface area contributed by atoms with Crippen LogP contribution in [0.25, 0.3) is 10.9 Å². The maximum absolute atomic E-state index is 12.6. The van der Waals surface area contributed by atoms with Crippen LogP contribution in [0.4, 0.5) is 0 Å². The summed E-state index contributed by atoms with van der Waals surface area (Å²) in [7, 11) is 1.53. The number of carbonyl (C=O) groups is 2. The van der Waals surface area contributed by atoms with E-state index in [1.54, 1.807) is 42.6 Å². The van der Waals surface area contributed by atoms with Crippen molar-refractivity contribution in [2.75, 3.05) is 0 Å². The number of aromatic amines is 1. The first-order valence-electron chi connectivity index (χ1n) is 7.24. The number of aromatic nitrogens is 2. The fourth-order valence-electron chi connectivity index (χ4n) is 2.59. The van der Waals surface area contributed by atoms with Crippen LogP contribution >= 0.6 is 0 Å². The number of carboxylic acids is 1.